The molecule has 1 saturated heterocycles. The number of aliphatic hydroxyl groups excluding tert-OH is 1. The van der Waals surface area contributed by atoms with Crippen molar-refractivity contribution in [3.63, 3.8) is 0 Å². The van der Waals surface area contributed by atoms with Crippen molar-refractivity contribution in [1.29, 1.82) is 0 Å². The second-order valence-corrected chi connectivity index (χ2v) is 7.62. The second-order valence-electron chi connectivity index (χ2n) is 7.62. The Labute approximate surface area is 185 Å². The van der Waals surface area contributed by atoms with Crippen LogP contribution >= 0.6 is 0 Å². The molecule has 1 fully saturated rings. The first-order valence-electron chi connectivity index (χ1n) is 10.6. The summed E-state index contributed by atoms with van der Waals surface area (Å²) in [4.78, 5) is 24.1. The van der Waals surface area contributed by atoms with Crippen molar-refractivity contribution >= 4 is 28.4 Å². The maximum absolute atomic E-state index is 13.7. The van der Waals surface area contributed by atoms with Gasteiger partial charge in [0, 0.05) is 36.4 Å². The van der Waals surface area contributed by atoms with Crippen LogP contribution in [-0.4, -0.2) is 60.4 Å². The first kappa shape index (κ1) is 21.9. The van der Waals surface area contributed by atoms with E-state index in [1.54, 1.807) is 30.5 Å². The lowest BCUT2D eigenvalue weighted by Gasteiger charge is -2.28. The third-order valence-corrected chi connectivity index (χ3v) is 5.33. The molecule has 0 bridgehead atoms. The zero-order valence-electron chi connectivity index (χ0n) is 17.8. The number of hydrogen-bond donors (Lipinski definition) is 3. The van der Waals surface area contributed by atoms with Crippen LogP contribution in [-0.2, 0) is 4.74 Å². The van der Waals surface area contributed by atoms with Crippen LogP contribution in [0.1, 0.15) is 28.9 Å². The number of carbonyl (C=O) groups excluding carboxylic acids is 1. The number of anilines is 2. The van der Waals surface area contributed by atoms with Crippen molar-refractivity contribution in [2.24, 2.45) is 0 Å². The molecular weight excluding hydrogens is 413 g/mol. The molecule has 9 heteroatoms. The van der Waals surface area contributed by atoms with E-state index in [2.05, 4.69) is 20.5 Å². The Bertz CT molecular complexity index is 1100. The van der Waals surface area contributed by atoms with Crippen LogP contribution in [0.4, 0.5) is 15.9 Å². The van der Waals surface area contributed by atoms with E-state index in [-0.39, 0.29) is 30.9 Å². The maximum Gasteiger partial charge on any atom is 0.251 e. The van der Waals surface area contributed by atoms with Crippen LogP contribution in [0.25, 0.3) is 11.0 Å². The second kappa shape index (κ2) is 9.88. The quantitative estimate of drug-likeness (QED) is 0.520. The minimum absolute atomic E-state index is 0.146. The Morgan fingerprint density at radius 2 is 2.09 bits per heavy atom. The van der Waals surface area contributed by atoms with Gasteiger partial charge in [-0.25, -0.2) is 9.37 Å². The van der Waals surface area contributed by atoms with Gasteiger partial charge in [0.15, 0.2) is 0 Å². The molecule has 0 aliphatic carbocycles. The Kier molecular flexibility index (Phi) is 6.77. The highest BCUT2D eigenvalue weighted by Gasteiger charge is 2.19. The summed E-state index contributed by atoms with van der Waals surface area (Å²) in [7, 11) is 0. The van der Waals surface area contributed by atoms with Gasteiger partial charge in [0.1, 0.15) is 11.6 Å². The van der Waals surface area contributed by atoms with Crippen molar-refractivity contribution in [1.82, 2.24) is 15.3 Å². The average Bonchev–Trinajstić information content (AvgIpc) is 2.82. The zero-order valence-corrected chi connectivity index (χ0v) is 17.8. The molecule has 1 aliphatic heterocycles. The molecule has 3 N–H and O–H groups in total. The maximum atomic E-state index is 13.7. The molecule has 8 nitrogen and oxygen atoms in total. The molecule has 0 unspecified atom stereocenters. The summed E-state index contributed by atoms with van der Waals surface area (Å²) in [5, 5.41) is 15.0. The predicted octanol–water partition coefficient (Wildman–Crippen LogP) is 2.50. The molecule has 0 radical (unpaired) electrons. The summed E-state index contributed by atoms with van der Waals surface area (Å²) >= 11 is 0. The number of carbonyl (C=O) groups is 1. The van der Waals surface area contributed by atoms with E-state index < -0.39 is 0 Å². The Morgan fingerprint density at radius 3 is 2.84 bits per heavy atom. The Morgan fingerprint density at radius 1 is 1.28 bits per heavy atom. The molecule has 2 aromatic carbocycles. The van der Waals surface area contributed by atoms with E-state index in [9.17, 15) is 9.18 Å². The predicted molar refractivity (Wildman–Crippen MR) is 120 cm³/mol. The fourth-order valence-electron chi connectivity index (χ4n) is 3.72. The first-order valence-corrected chi connectivity index (χ1v) is 10.6. The highest BCUT2D eigenvalue weighted by atomic mass is 19.1. The molecule has 1 aliphatic rings. The molecule has 3 aromatic rings. The van der Waals surface area contributed by atoms with Crippen LogP contribution in [0.5, 0.6) is 0 Å². The number of rotatable bonds is 7. The minimum atomic E-state index is -0.335. The normalized spacial score (nSPS) is 14.9. The number of aromatic nitrogens is 2. The summed E-state index contributed by atoms with van der Waals surface area (Å²) in [5.41, 5.74) is 3.06. The van der Waals surface area contributed by atoms with Gasteiger partial charge in [-0.05, 0) is 37.3 Å². The number of fused-ring (bicyclic) bond motifs is 1. The van der Waals surface area contributed by atoms with E-state index in [0.717, 1.165) is 24.5 Å². The highest BCUT2D eigenvalue weighted by Crippen LogP contribution is 2.28. The smallest absolute Gasteiger partial charge is 0.251 e. The van der Waals surface area contributed by atoms with Crippen molar-refractivity contribution in [2.75, 3.05) is 49.7 Å². The number of nitrogens with one attached hydrogen (secondary N) is 2. The minimum Gasteiger partial charge on any atom is -0.395 e. The lowest BCUT2D eigenvalue weighted by atomic mass is 10.0. The summed E-state index contributed by atoms with van der Waals surface area (Å²) in [6.07, 6.45) is 1.71. The van der Waals surface area contributed by atoms with Gasteiger partial charge in [-0.15, -0.1) is 0 Å². The van der Waals surface area contributed by atoms with E-state index >= 15 is 0 Å². The fourth-order valence-corrected chi connectivity index (χ4v) is 3.72. The molecule has 2 heterocycles. The zero-order chi connectivity index (χ0) is 22.5. The van der Waals surface area contributed by atoms with E-state index in [1.807, 2.05) is 6.92 Å². The number of nitrogens with zero attached hydrogens (tertiary/aromatic N) is 3. The van der Waals surface area contributed by atoms with E-state index in [0.29, 0.717) is 35.5 Å². The first-order chi connectivity index (χ1) is 15.5. The molecule has 1 atom stereocenters. The number of aliphatic hydroxyl groups is 1. The van der Waals surface area contributed by atoms with Crippen molar-refractivity contribution in [2.45, 2.75) is 13.0 Å². The van der Waals surface area contributed by atoms with Gasteiger partial charge in [-0.2, -0.15) is 0 Å². The number of ether oxygens (including phenoxy) is 1. The number of hydrogen-bond acceptors (Lipinski definition) is 7. The summed E-state index contributed by atoms with van der Waals surface area (Å²) in [6.45, 7) is 4.67. The van der Waals surface area contributed by atoms with Crippen LogP contribution in [0.2, 0.25) is 0 Å². The standard InChI is InChI=1S/C23H26FN5O3/c1-15(27-18-4-2-3-17(24)13-18)19-11-16(23(31)25-5-8-30)12-20-22(19)28-21(14-26-20)29-6-9-32-10-7-29/h2-4,11-15,27,30H,5-10H2,1H3,(H,25,31)/t15-/m1/s1. The molecule has 0 spiro atoms. The van der Waals surface area contributed by atoms with Crippen molar-refractivity contribution in [3.05, 3.63) is 59.5 Å². The lowest BCUT2D eigenvalue weighted by Crippen LogP contribution is -2.36. The molecule has 1 amide bonds. The van der Waals surface area contributed by atoms with Gasteiger partial charge in [0.25, 0.3) is 5.91 Å². The number of morpholine rings is 1. The van der Waals surface area contributed by atoms with Gasteiger partial charge in [0.05, 0.1) is 43.1 Å². The SMILES string of the molecule is C[C@@H](Nc1cccc(F)c1)c1cc(C(=O)NCCO)cc2ncc(N3CCOCC3)nc12. The molecule has 32 heavy (non-hydrogen) atoms. The summed E-state index contributed by atoms with van der Waals surface area (Å²) < 4.78 is 19.1. The monoisotopic (exact) mass is 439 g/mol. The van der Waals surface area contributed by atoms with Gasteiger partial charge >= 0.3 is 0 Å². The van der Waals surface area contributed by atoms with Gasteiger partial charge in [0.2, 0.25) is 0 Å². The van der Waals surface area contributed by atoms with Crippen LogP contribution < -0.4 is 15.5 Å². The number of benzene rings is 2. The van der Waals surface area contributed by atoms with Crippen molar-refractivity contribution < 1.29 is 19.0 Å². The Balaban J connectivity index is 1.74. The topological polar surface area (TPSA) is 99.6 Å². The van der Waals surface area contributed by atoms with Gasteiger partial charge in [-0.3, -0.25) is 9.78 Å². The van der Waals surface area contributed by atoms with E-state index in [4.69, 9.17) is 14.8 Å². The number of amides is 1. The molecule has 0 saturated carbocycles. The third-order valence-electron chi connectivity index (χ3n) is 5.33. The molecular formula is C23H26FN5O3. The summed E-state index contributed by atoms with van der Waals surface area (Å²) in [6, 6.07) is 9.40. The molecule has 1 aromatic heterocycles. The van der Waals surface area contributed by atoms with Crippen LogP contribution in [0.3, 0.4) is 0 Å². The van der Waals surface area contributed by atoms with Crippen LogP contribution in [0.15, 0.2) is 42.6 Å². The molecule has 4 rings (SSSR count). The fraction of sp³-hybridized carbons (Fsp3) is 0.348. The van der Waals surface area contributed by atoms with Gasteiger partial charge in [-0.1, -0.05) is 6.07 Å². The van der Waals surface area contributed by atoms with Crippen LogP contribution in [0, 0.1) is 5.82 Å². The average molecular weight is 439 g/mol. The lowest BCUT2D eigenvalue weighted by molar-refractivity contribution is 0.0944. The van der Waals surface area contributed by atoms with Crippen molar-refractivity contribution in [3.8, 4) is 0 Å². The molecule has 168 valence electrons. The van der Waals surface area contributed by atoms with E-state index in [1.165, 1.54) is 12.1 Å². The van der Waals surface area contributed by atoms with Gasteiger partial charge < -0.3 is 25.4 Å². The largest absolute Gasteiger partial charge is 0.395 e. The highest BCUT2D eigenvalue weighted by molar-refractivity contribution is 5.98. The number of halogens is 1. The Hall–Kier alpha value is -3.30. The third kappa shape index (κ3) is 4.95. The summed E-state index contributed by atoms with van der Waals surface area (Å²) in [5.74, 6) is 0.107.